The summed E-state index contributed by atoms with van der Waals surface area (Å²) in [6, 6.07) is 6.60. The van der Waals surface area contributed by atoms with E-state index < -0.39 is 5.76 Å². The molecule has 0 aromatic heterocycles. The predicted molar refractivity (Wildman–Crippen MR) is 80.5 cm³/mol. The van der Waals surface area contributed by atoms with Crippen molar-refractivity contribution in [2.24, 2.45) is 17.8 Å². The van der Waals surface area contributed by atoms with Gasteiger partial charge in [-0.1, -0.05) is 18.2 Å². The third-order valence-corrected chi connectivity index (χ3v) is 5.42. The average Bonchev–Trinajstić information content (AvgIpc) is 3.02. The summed E-state index contributed by atoms with van der Waals surface area (Å²) in [6.45, 7) is 0. The van der Waals surface area contributed by atoms with Crippen molar-refractivity contribution in [3.8, 4) is 0 Å². The van der Waals surface area contributed by atoms with Gasteiger partial charge in [-0.3, -0.25) is 4.79 Å². The molecule has 2 fully saturated rings. The van der Waals surface area contributed by atoms with Gasteiger partial charge in [-0.15, -0.1) is 0 Å². The molecular formula is C16H19F2NOS. The second-order valence-electron chi connectivity index (χ2n) is 6.09. The number of nitrogens with one attached hydrogen (secondary N) is 1. The van der Waals surface area contributed by atoms with Gasteiger partial charge in [0, 0.05) is 17.0 Å². The minimum atomic E-state index is -2.41. The molecule has 21 heavy (non-hydrogen) atoms. The zero-order valence-electron chi connectivity index (χ0n) is 11.7. The largest absolute Gasteiger partial charge is 0.326 e. The highest BCUT2D eigenvalue weighted by Crippen LogP contribution is 2.49. The highest BCUT2D eigenvalue weighted by molar-refractivity contribution is 7.99. The Hall–Kier alpha value is -1.10. The van der Waals surface area contributed by atoms with Crippen molar-refractivity contribution < 1.29 is 13.6 Å². The lowest BCUT2D eigenvalue weighted by Crippen LogP contribution is -2.20. The topological polar surface area (TPSA) is 29.1 Å². The molecule has 3 rings (SSSR count). The first kappa shape index (κ1) is 14.8. The number of halogens is 2. The molecule has 1 amide bonds. The van der Waals surface area contributed by atoms with Gasteiger partial charge in [-0.05, 0) is 61.3 Å². The molecule has 2 aliphatic carbocycles. The van der Waals surface area contributed by atoms with Crippen LogP contribution in [-0.2, 0) is 4.79 Å². The predicted octanol–water partition coefficient (Wildman–Crippen LogP) is 4.77. The molecule has 5 heteroatoms. The molecule has 0 aliphatic heterocycles. The van der Waals surface area contributed by atoms with Crippen molar-refractivity contribution in [3.63, 3.8) is 0 Å². The lowest BCUT2D eigenvalue weighted by atomic mass is 9.86. The maximum atomic E-state index is 12.2. The van der Waals surface area contributed by atoms with Crippen LogP contribution in [0.15, 0.2) is 29.2 Å². The van der Waals surface area contributed by atoms with Crippen LogP contribution in [-0.4, -0.2) is 11.7 Å². The Morgan fingerprint density at radius 3 is 2.57 bits per heavy atom. The third kappa shape index (κ3) is 3.76. The Bertz CT molecular complexity index is 506. The molecule has 3 atom stereocenters. The first-order valence-electron chi connectivity index (χ1n) is 7.45. The zero-order valence-corrected chi connectivity index (χ0v) is 12.5. The van der Waals surface area contributed by atoms with Crippen LogP contribution in [0.3, 0.4) is 0 Å². The Labute approximate surface area is 127 Å². The van der Waals surface area contributed by atoms with Gasteiger partial charge in [-0.2, -0.15) is 8.78 Å². The number of carbonyl (C=O) groups is 1. The van der Waals surface area contributed by atoms with E-state index in [0.29, 0.717) is 34.7 Å². The summed E-state index contributed by atoms with van der Waals surface area (Å²) >= 11 is 0.514. The molecule has 2 nitrogen and oxygen atoms in total. The molecule has 1 N–H and O–H groups in total. The summed E-state index contributed by atoms with van der Waals surface area (Å²) in [6.07, 6.45) is 5.71. The fraction of sp³-hybridized carbons (Fsp3) is 0.562. The van der Waals surface area contributed by atoms with Crippen LogP contribution < -0.4 is 5.32 Å². The van der Waals surface area contributed by atoms with Gasteiger partial charge in [0.1, 0.15) is 0 Å². The van der Waals surface area contributed by atoms with Crippen molar-refractivity contribution in [3.05, 3.63) is 24.3 Å². The van der Waals surface area contributed by atoms with E-state index in [2.05, 4.69) is 5.32 Å². The number of benzene rings is 1. The van der Waals surface area contributed by atoms with Crippen LogP contribution in [0.25, 0.3) is 0 Å². The zero-order chi connectivity index (χ0) is 14.8. The normalized spacial score (nSPS) is 27.3. The van der Waals surface area contributed by atoms with Gasteiger partial charge in [0.2, 0.25) is 5.91 Å². The lowest BCUT2D eigenvalue weighted by Gasteiger charge is -2.20. The second kappa shape index (κ2) is 6.34. The summed E-state index contributed by atoms with van der Waals surface area (Å²) in [5.41, 5.74) is 0.682. The number of amides is 1. The highest BCUT2D eigenvalue weighted by atomic mass is 32.2. The highest BCUT2D eigenvalue weighted by Gasteiger charge is 2.40. The van der Waals surface area contributed by atoms with Gasteiger partial charge in [0.25, 0.3) is 5.76 Å². The summed E-state index contributed by atoms with van der Waals surface area (Å²) in [5.74, 6) is -0.244. The molecule has 2 bridgehead atoms. The summed E-state index contributed by atoms with van der Waals surface area (Å²) in [4.78, 5) is 12.6. The number of carbonyl (C=O) groups excluding carboxylic acids is 1. The summed E-state index contributed by atoms with van der Waals surface area (Å²) in [7, 11) is 0. The first-order chi connectivity index (χ1) is 10.1. The first-order valence-corrected chi connectivity index (χ1v) is 8.33. The second-order valence-corrected chi connectivity index (χ2v) is 7.15. The maximum absolute atomic E-state index is 12.2. The summed E-state index contributed by atoms with van der Waals surface area (Å²) in [5, 5.41) is 2.87. The Kier molecular flexibility index (Phi) is 4.48. The van der Waals surface area contributed by atoms with Crippen molar-refractivity contribution in [1.29, 1.82) is 0 Å². The number of anilines is 1. The van der Waals surface area contributed by atoms with E-state index >= 15 is 0 Å². The van der Waals surface area contributed by atoms with Crippen molar-refractivity contribution >= 4 is 23.4 Å². The standard InChI is InChI=1S/C16H19F2NOS/c17-16(18)21-14-5-3-13(4-6-14)19-15(20)9-12-8-10-1-2-11(12)7-10/h3-6,10-12,16H,1-2,7-9H2,(H,19,20). The van der Waals surface area contributed by atoms with Crippen molar-refractivity contribution in [2.75, 3.05) is 5.32 Å². The number of hydrogen-bond donors (Lipinski definition) is 1. The third-order valence-electron chi connectivity index (χ3n) is 4.70. The Morgan fingerprint density at radius 2 is 2.00 bits per heavy atom. The van der Waals surface area contributed by atoms with Gasteiger partial charge < -0.3 is 5.32 Å². The van der Waals surface area contributed by atoms with Gasteiger partial charge in [-0.25, -0.2) is 0 Å². The van der Waals surface area contributed by atoms with E-state index in [9.17, 15) is 13.6 Å². The van der Waals surface area contributed by atoms with Crippen LogP contribution in [0.5, 0.6) is 0 Å². The fourth-order valence-corrected chi connectivity index (χ4v) is 4.30. The van der Waals surface area contributed by atoms with Crippen molar-refractivity contribution in [1.82, 2.24) is 0 Å². The van der Waals surface area contributed by atoms with Crippen LogP contribution in [0.1, 0.15) is 32.1 Å². The quantitative estimate of drug-likeness (QED) is 0.794. The molecular weight excluding hydrogens is 292 g/mol. The van der Waals surface area contributed by atoms with Crippen LogP contribution >= 0.6 is 11.8 Å². The molecule has 2 aliphatic rings. The van der Waals surface area contributed by atoms with Crippen molar-refractivity contribution in [2.45, 2.75) is 42.8 Å². The molecule has 0 spiro atoms. The molecule has 0 radical (unpaired) electrons. The number of alkyl halides is 2. The van der Waals surface area contributed by atoms with E-state index in [-0.39, 0.29) is 5.91 Å². The number of fused-ring (bicyclic) bond motifs is 2. The number of rotatable bonds is 5. The summed E-state index contributed by atoms with van der Waals surface area (Å²) < 4.78 is 24.5. The molecule has 3 unspecified atom stereocenters. The molecule has 0 heterocycles. The fourth-order valence-electron chi connectivity index (χ4n) is 3.80. The average molecular weight is 311 g/mol. The van der Waals surface area contributed by atoms with E-state index in [1.165, 1.54) is 25.7 Å². The Morgan fingerprint density at radius 1 is 1.24 bits per heavy atom. The smallest absolute Gasteiger partial charge is 0.288 e. The minimum absolute atomic E-state index is 0.0433. The van der Waals surface area contributed by atoms with E-state index in [0.717, 1.165) is 11.8 Å². The number of thioether (sulfide) groups is 1. The lowest BCUT2D eigenvalue weighted by molar-refractivity contribution is -0.117. The van der Waals surface area contributed by atoms with Crippen LogP contribution in [0.4, 0.5) is 14.5 Å². The monoisotopic (exact) mass is 311 g/mol. The van der Waals surface area contributed by atoms with E-state index in [1.54, 1.807) is 24.3 Å². The molecule has 1 aromatic carbocycles. The Balaban J connectivity index is 1.50. The SMILES string of the molecule is O=C(CC1CC2CCC1C2)Nc1ccc(SC(F)F)cc1. The minimum Gasteiger partial charge on any atom is -0.326 e. The van der Waals surface area contributed by atoms with E-state index in [1.807, 2.05) is 0 Å². The van der Waals surface area contributed by atoms with Crippen LogP contribution in [0.2, 0.25) is 0 Å². The molecule has 1 aromatic rings. The van der Waals surface area contributed by atoms with Crippen LogP contribution in [0, 0.1) is 17.8 Å². The molecule has 114 valence electrons. The van der Waals surface area contributed by atoms with E-state index in [4.69, 9.17) is 0 Å². The van der Waals surface area contributed by atoms with Gasteiger partial charge >= 0.3 is 0 Å². The molecule has 2 saturated carbocycles. The molecule has 0 saturated heterocycles. The number of hydrogen-bond acceptors (Lipinski definition) is 2. The maximum Gasteiger partial charge on any atom is 0.288 e. The van der Waals surface area contributed by atoms with Gasteiger partial charge in [0.15, 0.2) is 0 Å². The van der Waals surface area contributed by atoms with Gasteiger partial charge in [0.05, 0.1) is 0 Å².